The van der Waals surface area contributed by atoms with Crippen molar-refractivity contribution in [1.29, 1.82) is 0 Å². The van der Waals surface area contributed by atoms with Gasteiger partial charge in [0.1, 0.15) is 6.21 Å². The lowest BCUT2D eigenvalue weighted by Gasteiger charge is -2.20. The van der Waals surface area contributed by atoms with Crippen molar-refractivity contribution < 1.29 is 4.79 Å². The highest BCUT2D eigenvalue weighted by molar-refractivity contribution is 6.31. The van der Waals surface area contributed by atoms with Crippen LogP contribution in [0.15, 0.2) is 35.4 Å². The molecule has 1 aromatic rings. The lowest BCUT2D eigenvalue weighted by molar-refractivity contribution is -0.110. The van der Waals surface area contributed by atoms with E-state index in [9.17, 15) is 4.79 Å². The summed E-state index contributed by atoms with van der Waals surface area (Å²) in [5, 5.41) is 8.69. The number of carbonyl (C=O) groups is 1. The molecule has 0 saturated carbocycles. The number of hydrogen-bond acceptors (Lipinski definition) is 4. The van der Waals surface area contributed by atoms with Gasteiger partial charge in [-0.15, -0.1) is 0 Å². The molecule has 0 unspecified atom stereocenters. The van der Waals surface area contributed by atoms with Crippen molar-refractivity contribution >= 4 is 17.8 Å². The number of nitrogens with zero attached hydrogens (tertiary/aromatic N) is 3. The third-order valence-electron chi connectivity index (χ3n) is 3.02. The van der Waals surface area contributed by atoms with Crippen molar-refractivity contribution in [3.63, 3.8) is 0 Å². The van der Waals surface area contributed by atoms with Gasteiger partial charge in [-0.3, -0.25) is 14.7 Å². The third kappa shape index (κ3) is 4.71. The Morgan fingerprint density at radius 1 is 1.37 bits per heavy atom. The van der Waals surface area contributed by atoms with Crippen molar-refractivity contribution in [2.24, 2.45) is 5.10 Å². The van der Waals surface area contributed by atoms with E-state index in [-0.39, 0.29) is 5.91 Å². The van der Waals surface area contributed by atoms with Crippen LogP contribution >= 0.6 is 0 Å². The predicted octanol–water partition coefficient (Wildman–Crippen LogP) is 1.60. The van der Waals surface area contributed by atoms with E-state index in [1.807, 2.05) is 37.4 Å². The maximum absolute atomic E-state index is 11.7. The Bertz CT molecular complexity index is 426. The van der Waals surface area contributed by atoms with Crippen molar-refractivity contribution in [1.82, 2.24) is 9.91 Å². The summed E-state index contributed by atoms with van der Waals surface area (Å²) in [6.45, 7) is 3.02. The first kappa shape index (κ1) is 13.5. The van der Waals surface area contributed by atoms with Crippen LogP contribution in [0.25, 0.3) is 0 Å². The summed E-state index contributed by atoms with van der Waals surface area (Å²) >= 11 is 0. The van der Waals surface area contributed by atoms with Gasteiger partial charge in [-0.05, 0) is 38.1 Å². The van der Waals surface area contributed by atoms with Gasteiger partial charge < -0.3 is 5.32 Å². The summed E-state index contributed by atoms with van der Waals surface area (Å²) in [5.41, 5.74) is 0.779. The van der Waals surface area contributed by atoms with Gasteiger partial charge in [-0.1, -0.05) is 18.2 Å². The van der Waals surface area contributed by atoms with E-state index in [0.29, 0.717) is 0 Å². The zero-order valence-corrected chi connectivity index (χ0v) is 11.2. The van der Waals surface area contributed by atoms with Gasteiger partial charge >= 0.3 is 0 Å². The summed E-state index contributed by atoms with van der Waals surface area (Å²) in [6, 6.07) is 9.37. The molecule has 1 saturated heterocycles. The Balaban J connectivity index is 1.76. The largest absolute Gasteiger partial charge is 0.321 e. The van der Waals surface area contributed by atoms with Crippen LogP contribution in [0, 0.1) is 0 Å². The number of rotatable bonds is 5. The Hall–Kier alpha value is -1.88. The SMILES string of the molecule is CN(CN1CCCC1)/N=C/C(=O)Nc1ccccc1. The first-order valence-electron chi connectivity index (χ1n) is 6.57. The molecule has 0 aliphatic carbocycles. The third-order valence-corrected chi connectivity index (χ3v) is 3.02. The predicted molar refractivity (Wildman–Crippen MR) is 77.0 cm³/mol. The number of carbonyl (C=O) groups excluding carboxylic acids is 1. The molecule has 19 heavy (non-hydrogen) atoms. The molecule has 102 valence electrons. The van der Waals surface area contributed by atoms with E-state index in [4.69, 9.17) is 0 Å². The molecule has 0 atom stereocenters. The summed E-state index contributed by atoms with van der Waals surface area (Å²) < 4.78 is 0. The number of anilines is 1. The van der Waals surface area contributed by atoms with Gasteiger partial charge in [0.2, 0.25) is 0 Å². The molecule has 1 aliphatic rings. The van der Waals surface area contributed by atoms with Crippen molar-refractivity contribution in [3.8, 4) is 0 Å². The van der Waals surface area contributed by atoms with Crippen LogP contribution in [0.1, 0.15) is 12.8 Å². The number of hydrazone groups is 1. The Morgan fingerprint density at radius 3 is 2.74 bits per heavy atom. The van der Waals surface area contributed by atoms with Crippen molar-refractivity contribution in [2.45, 2.75) is 12.8 Å². The molecule has 5 nitrogen and oxygen atoms in total. The molecule has 2 rings (SSSR count). The van der Waals surface area contributed by atoms with E-state index in [1.54, 1.807) is 5.01 Å². The molecule has 0 bridgehead atoms. The Morgan fingerprint density at radius 2 is 2.05 bits per heavy atom. The topological polar surface area (TPSA) is 47.9 Å². The molecule has 0 radical (unpaired) electrons. The average molecular weight is 260 g/mol. The molecule has 1 heterocycles. The highest BCUT2D eigenvalue weighted by atomic mass is 16.1. The second-order valence-corrected chi connectivity index (χ2v) is 4.72. The fourth-order valence-electron chi connectivity index (χ4n) is 2.10. The van der Waals surface area contributed by atoms with Crippen molar-refractivity contribution in [2.75, 3.05) is 32.1 Å². The minimum atomic E-state index is -0.209. The van der Waals surface area contributed by atoms with E-state index in [2.05, 4.69) is 15.3 Å². The molecule has 0 aromatic heterocycles. The quantitative estimate of drug-likeness (QED) is 0.646. The highest BCUT2D eigenvalue weighted by Crippen LogP contribution is 2.07. The Kier molecular flexibility index (Phi) is 4.92. The molecular weight excluding hydrogens is 240 g/mol. The maximum atomic E-state index is 11.7. The molecule has 5 heteroatoms. The van der Waals surface area contributed by atoms with Crippen molar-refractivity contribution in [3.05, 3.63) is 30.3 Å². The molecule has 1 amide bonds. The first-order chi connectivity index (χ1) is 9.24. The fourth-order valence-corrected chi connectivity index (χ4v) is 2.10. The van der Waals surface area contributed by atoms with Crippen LogP contribution in [0.2, 0.25) is 0 Å². The van der Waals surface area contributed by atoms with E-state index in [0.717, 1.165) is 25.4 Å². The highest BCUT2D eigenvalue weighted by Gasteiger charge is 2.12. The van der Waals surface area contributed by atoms with Gasteiger partial charge in [0.05, 0.1) is 6.67 Å². The normalized spacial score (nSPS) is 15.8. The number of para-hydroxylation sites is 1. The van der Waals surface area contributed by atoms with Gasteiger partial charge in [-0.2, -0.15) is 5.10 Å². The van der Waals surface area contributed by atoms with Crippen LogP contribution in [0.5, 0.6) is 0 Å². The lowest BCUT2D eigenvalue weighted by Crippen LogP contribution is -2.31. The fraction of sp³-hybridized carbons (Fsp3) is 0.429. The van der Waals surface area contributed by atoms with Gasteiger partial charge in [0.15, 0.2) is 0 Å². The van der Waals surface area contributed by atoms with Crippen LogP contribution in [0.4, 0.5) is 5.69 Å². The van der Waals surface area contributed by atoms with Crippen LogP contribution < -0.4 is 5.32 Å². The van der Waals surface area contributed by atoms with Gasteiger partial charge in [0, 0.05) is 12.7 Å². The summed E-state index contributed by atoms with van der Waals surface area (Å²) in [4.78, 5) is 14.0. The molecule has 1 fully saturated rings. The van der Waals surface area contributed by atoms with Gasteiger partial charge in [-0.25, -0.2) is 0 Å². The lowest BCUT2D eigenvalue weighted by atomic mass is 10.3. The molecular formula is C14H20N4O. The number of hydrogen-bond donors (Lipinski definition) is 1. The number of benzene rings is 1. The van der Waals surface area contributed by atoms with Gasteiger partial charge in [0.25, 0.3) is 5.91 Å². The average Bonchev–Trinajstić information content (AvgIpc) is 2.90. The van der Waals surface area contributed by atoms with E-state index < -0.39 is 0 Å². The minimum Gasteiger partial charge on any atom is -0.321 e. The maximum Gasteiger partial charge on any atom is 0.268 e. The summed E-state index contributed by atoms with van der Waals surface area (Å²) in [5.74, 6) is -0.209. The summed E-state index contributed by atoms with van der Waals surface area (Å²) in [6.07, 6.45) is 3.83. The van der Waals surface area contributed by atoms with Crippen LogP contribution in [-0.2, 0) is 4.79 Å². The minimum absolute atomic E-state index is 0.209. The second-order valence-electron chi connectivity index (χ2n) is 4.72. The van der Waals surface area contributed by atoms with Crippen LogP contribution in [0.3, 0.4) is 0 Å². The molecule has 1 aromatic carbocycles. The monoisotopic (exact) mass is 260 g/mol. The molecule has 1 N–H and O–H groups in total. The number of nitrogens with one attached hydrogen (secondary N) is 1. The smallest absolute Gasteiger partial charge is 0.268 e. The molecule has 1 aliphatic heterocycles. The number of amides is 1. The first-order valence-corrected chi connectivity index (χ1v) is 6.57. The molecule has 0 spiro atoms. The van der Waals surface area contributed by atoms with E-state index in [1.165, 1.54) is 19.1 Å². The standard InChI is InChI=1S/C14H20N4O/c1-17(12-18-9-5-6-10-18)15-11-14(19)16-13-7-3-2-4-8-13/h2-4,7-8,11H,5-6,9-10,12H2,1H3,(H,16,19)/b15-11+. The number of likely N-dealkylation sites (tertiary alicyclic amines) is 1. The van der Waals surface area contributed by atoms with E-state index >= 15 is 0 Å². The second kappa shape index (κ2) is 6.89. The zero-order chi connectivity index (χ0) is 13.5. The Labute approximate surface area is 113 Å². The summed E-state index contributed by atoms with van der Waals surface area (Å²) in [7, 11) is 1.88. The van der Waals surface area contributed by atoms with Crippen LogP contribution in [-0.4, -0.2) is 48.8 Å². The zero-order valence-electron chi connectivity index (χ0n) is 11.2.